The minimum Gasteiger partial charge on any atom is -0.369 e. The molecule has 0 atom stereocenters. The number of benzene rings is 2. The Kier molecular flexibility index (Phi) is 5.78. The van der Waals surface area contributed by atoms with Crippen LogP contribution < -0.4 is 10.2 Å². The van der Waals surface area contributed by atoms with Gasteiger partial charge in [0.05, 0.1) is 0 Å². The maximum Gasteiger partial charge on any atom is 0.257 e. The Balaban J connectivity index is 1.44. The summed E-state index contributed by atoms with van der Waals surface area (Å²) in [6, 6.07) is 9.75. The molecule has 1 heterocycles. The summed E-state index contributed by atoms with van der Waals surface area (Å²) in [4.78, 5) is 16.3. The second kappa shape index (κ2) is 8.23. The average Bonchev–Trinajstić information content (AvgIpc) is 2.63. The lowest BCUT2D eigenvalue weighted by atomic mass is 10.2. The zero-order valence-corrected chi connectivity index (χ0v) is 14.2. The maximum absolute atomic E-state index is 13.6. The van der Waals surface area contributed by atoms with Gasteiger partial charge in [-0.1, -0.05) is 6.07 Å². The number of rotatable bonds is 5. The second-order valence-corrected chi connectivity index (χ2v) is 6.16. The first-order chi connectivity index (χ1) is 12.5. The largest absolute Gasteiger partial charge is 0.369 e. The maximum atomic E-state index is 13.6. The van der Waals surface area contributed by atoms with Crippen LogP contribution in [0.3, 0.4) is 0 Å². The normalized spacial score (nSPS) is 15.1. The number of piperazine rings is 1. The second-order valence-electron chi connectivity index (χ2n) is 6.16. The zero-order valence-electron chi connectivity index (χ0n) is 14.2. The number of amides is 1. The fourth-order valence-electron chi connectivity index (χ4n) is 3.01. The van der Waals surface area contributed by atoms with Gasteiger partial charge in [-0.05, 0) is 36.4 Å². The van der Waals surface area contributed by atoms with Gasteiger partial charge in [0.25, 0.3) is 5.91 Å². The van der Waals surface area contributed by atoms with Gasteiger partial charge in [0, 0.05) is 45.0 Å². The van der Waals surface area contributed by atoms with Gasteiger partial charge in [-0.25, -0.2) is 13.2 Å². The van der Waals surface area contributed by atoms with Crippen molar-refractivity contribution in [1.29, 1.82) is 0 Å². The summed E-state index contributed by atoms with van der Waals surface area (Å²) in [5.41, 5.74) is 0.433. The molecule has 1 saturated heterocycles. The lowest BCUT2D eigenvalue weighted by Gasteiger charge is -2.36. The Bertz CT molecular complexity index is 739. The molecule has 1 amide bonds. The van der Waals surface area contributed by atoms with Gasteiger partial charge >= 0.3 is 0 Å². The molecular weight excluding hydrogens is 343 g/mol. The summed E-state index contributed by atoms with van der Waals surface area (Å²) in [6.45, 7) is 4.08. The lowest BCUT2D eigenvalue weighted by molar-refractivity contribution is 0.0939. The number of anilines is 1. The van der Waals surface area contributed by atoms with Crippen LogP contribution in [0.4, 0.5) is 18.9 Å². The third-order valence-corrected chi connectivity index (χ3v) is 4.47. The van der Waals surface area contributed by atoms with Gasteiger partial charge < -0.3 is 10.2 Å². The Morgan fingerprint density at radius 2 is 1.54 bits per heavy atom. The van der Waals surface area contributed by atoms with Crippen LogP contribution in [0.2, 0.25) is 0 Å². The van der Waals surface area contributed by atoms with Crippen LogP contribution in [-0.4, -0.2) is 50.1 Å². The molecule has 2 aromatic rings. The van der Waals surface area contributed by atoms with E-state index < -0.39 is 23.1 Å². The highest BCUT2D eigenvalue weighted by Gasteiger charge is 2.19. The summed E-state index contributed by atoms with van der Waals surface area (Å²) >= 11 is 0. The summed E-state index contributed by atoms with van der Waals surface area (Å²) in [5, 5.41) is 2.56. The molecular formula is C19H20F3N3O. The standard InChI is InChI=1S/C19H20F3N3O/c20-14-4-6-15(7-5-14)25-12-10-24(11-13-25)9-8-23-19(26)18-16(21)2-1-3-17(18)22/h1-7H,8-13H2,(H,23,26). The molecule has 4 nitrogen and oxygen atoms in total. The number of carbonyl (C=O) groups is 1. The van der Waals surface area contributed by atoms with Gasteiger partial charge in [-0.3, -0.25) is 9.69 Å². The highest BCUT2D eigenvalue weighted by atomic mass is 19.1. The Morgan fingerprint density at radius 3 is 2.15 bits per heavy atom. The molecule has 0 bridgehead atoms. The molecule has 0 saturated carbocycles. The molecule has 0 unspecified atom stereocenters. The third kappa shape index (κ3) is 4.35. The van der Waals surface area contributed by atoms with Crippen molar-refractivity contribution < 1.29 is 18.0 Å². The van der Waals surface area contributed by atoms with E-state index in [0.717, 1.165) is 44.0 Å². The summed E-state index contributed by atoms with van der Waals surface area (Å²) in [7, 11) is 0. The van der Waals surface area contributed by atoms with Crippen LogP contribution in [0.15, 0.2) is 42.5 Å². The molecule has 0 aliphatic carbocycles. The van der Waals surface area contributed by atoms with Crippen molar-refractivity contribution in [3.05, 3.63) is 65.5 Å². The fraction of sp³-hybridized carbons (Fsp3) is 0.316. The van der Waals surface area contributed by atoms with Crippen molar-refractivity contribution in [2.24, 2.45) is 0 Å². The van der Waals surface area contributed by atoms with Crippen molar-refractivity contribution >= 4 is 11.6 Å². The van der Waals surface area contributed by atoms with E-state index in [1.807, 2.05) is 0 Å². The van der Waals surface area contributed by atoms with Crippen LogP contribution in [0.5, 0.6) is 0 Å². The van der Waals surface area contributed by atoms with Crippen molar-refractivity contribution in [2.45, 2.75) is 0 Å². The first-order valence-electron chi connectivity index (χ1n) is 8.49. The van der Waals surface area contributed by atoms with Gasteiger partial charge in [-0.2, -0.15) is 0 Å². The predicted molar refractivity (Wildman–Crippen MR) is 93.7 cm³/mol. The van der Waals surface area contributed by atoms with E-state index in [2.05, 4.69) is 15.1 Å². The van der Waals surface area contributed by atoms with E-state index in [1.54, 1.807) is 12.1 Å². The molecule has 1 aliphatic rings. The molecule has 0 aromatic heterocycles. The molecule has 2 aromatic carbocycles. The Labute approximate surface area is 150 Å². The fourth-order valence-corrected chi connectivity index (χ4v) is 3.01. The van der Waals surface area contributed by atoms with Crippen molar-refractivity contribution in [1.82, 2.24) is 10.2 Å². The van der Waals surface area contributed by atoms with E-state index in [9.17, 15) is 18.0 Å². The van der Waals surface area contributed by atoms with Crippen LogP contribution in [0.25, 0.3) is 0 Å². The van der Waals surface area contributed by atoms with E-state index in [0.29, 0.717) is 13.1 Å². The number of halogens is 3. The molecule has 7 heteroatoms. The molecule has 138 valence electrons. The van der Waals surface area contributed by atoms with Gasteiger partial charge in [-0.15, -0.1) is 0 Å². The summed E-state index contributed by atoms with van der Waals surface area (Å²) in [6.07, 6.45) is 0. The Hall–Kier alpha value is -2.54. The topological polar surface area (TPSA) is 35.6 Å². The number of nitrogens with one attached hydrogen (secondary N) is 1. The lowest BCUT2D eigenvalue weighted by Crippen LogP contribution is -2.48. The first kappa shape index (κ1) is 18.3. The number of hydrogen-bond acceptors (Lipinski definition) is 3. The smallest absolute Gasteiger partial charge is 0.257 e. The quantitative estimate of drug-likeness (QED) is 0.887. The number of carbonyl (C=O) groups excluding carboxylic acids is 1. The van der Waals surface area contributed by atoms with Gasteiger partial charge in [0.1, 0.15) is 23.0 Å². The SMILES string of the molecule is O=C(NCCN1CCN(c2ccc(F)cc2)CC1)c1c(F)cccc1F. The molecule has 26 heavy (non-hydrogen) atoms. The first-order valence-corrected chi connectivity index (χ1v) is 8.49. The van der Waals surface area contributed by atoms with E-state index in [1.165, 1.54) is 18.2 Å². The third-order valence-electron chi connectivity index (χ3n) is 4.47. The molecule has 3 rings (SSSR count). The minimum atomic E-state index is -0.865. The monoisotopic (exact) mass is 363 g/mol. The molecule has 1 N–H and O–H groups in total. The van der Waals surface area contributed by atoms with E-state index in [-0.39, 0.29) is 5.82 Å². The van der Waals surface area contributed by atoms with E-state index in [4.69, 9.17) is 0 Å². The van der Waals surface area contributed by atoms with Crippen molar-refractivity contribution in [3.63, 3.8) is 0 Å². The Morgan fingerprint density at radius 1 is 0.923 bits per heavy atom. The van der Waals surface area contributed by atoms with Crippen LogP contribution in [-0.2, 0) is 0 Å². The highest BCUT2D eigenvalue weighted by Crippen LogP contribution is 2.17. The minimum absolute atomic E-state index is 0.255. The highest BCUT2D eigenvalue weighted by molar-refractivity contribution is 5.94. The molecule has 0 spiro atoms. The van der Waals surface area contributed by atoms with Gasteiger partial charge in [0.15, 0.2) is 0 Å². The average molecular weight is 363 g/mol. The number of nitrogens with zero attached hydrogens (tertiary/aromatic N) is 2. The van der Waals surface area contributed by atoms with Crippen LogP contribution in [0.1, 0.15) is 10.4 Å². The predicted octanol–water partition coefficient (Wildman–Crippen LogP) is 2.66. The van der Waals surface area contributed by atoms with Crippen molar-refractivity contribution in [3.8, 4) is 0 Å². The van der Waals surface area contributed by atoms with Gasteiger partial charge in [0.2, 0.25) is 0 Å². The van der Waals surface area contributed by atoms with Crippen LogP contribution >= 0.6 is 0 Å². The molecule has 0 radical (unpaired) electrons. The van der Waals surface area contributed by atoms with Crippen molar-refractivity contribution in [2.75, 3.05) is 44.2 Å². The number of hydrogen-bond donors (Lipinski definition) is 1. The summed E-state index contributed by atoms with van der Waals surface area (Å²) in [5.74, 6) is -2.73. The van der Waals surface area contributed by atoms with E-state index >= 15 is 0 Å². The molecule has 1 aliphatic heterocycles. The van der Waals surface area contributed by atoms with Crippen LogP contribution in [0, 0.1) is 17.5 Å². The molecule has 1 fully saturated rings. The summed E-state index contributed by atoms with van der Waals surface area (Å²) < 4.78 is 40.1. The zero-order chi connectivity index (χ0) is 18.5.